The smallest absolute Gasteiger partial charge is 0.0558 e. The number of benzene rings is 1. The van der Waals surface area contributed by atoms with Gasteiger partial charge in [0.2, 0.25) is 0 Å². The molecule has 1 unspecified atom stereocenters. The molecule has 1 atom stereocenters. The lowest BCUT2D eigenvalue weighted by Gasteiger charge is -2.27. The average Bonchev–Trinajstić information content (AvgIpc) is 2.26. The monoisotopic (exact) mass is 193 g/mol. The summed E-state index contributed by atoms with van der Waals surface area (Å²) in [6.45, 7) is 6.23. The van der Waals surface area contributed by atoms with Crippen LogP contribution in [-0.2, 0) is 0 Å². The first-order chi connectivity index (χ1) is 6.79. The van der Waals surface area contributed by atoms with Crippen LogP contribution in [0, 0.1) is 0 Å². The zero-order valence-corrected chi connectivity index (χ0v) is 8.98. The lowest BCUT2D eigenvalue weighted by atomic mass is 10.1. The van der Waals surface area contributed by atoms with Gasteiger partial charge < -0.3 is 5.11 Å². The molecule has 0 spiro atoms. The molecule has 1 aromatic carbocycles. The zero-order chi connectivity index (χ0) is 10.4. The average molecular weight is 193 g/mol. The number of likely N-dealkylation sites (N-methyl/N-ethyl adjacent to an activating group) is 1. The third-order valence-corrected chi connectivity index (χ3v) is 2.62. The Kier molecular flexibility index (Phi) is 4.63. The minimum Gasteiger partial charge on any atom is -0.395 e. The van der Waals surface area contributed by atoms with Crippen LogP contribution in [0.3, 0.4) is 0 Å². The number of hydrogen-bond donors (Lipinski definition) is 1. The molecule has 0 radical (unpaired) electrons. The molecule has 1 N–H and O–H groups in total. The molecule has 1 rings (SSSR count). The summed E-state index contributed by atoms with van der Waals surface area (Å²) in [5.74, 6) is 0. The Morgan fingerprint density at radius 2 is 1.93 bits per heavy atom. The van der Waals surface area contributed by atoms with E-state index in [2.05, 4.69) is 43.0 Å². The van der Waals surface area contributed by atoms with Gasteiger partial charge in [-0.2, -0.15) is 0 Å². The third kappa shape index (κ3) is 2.82. The summed E-state index contributed by atoms with van der Waals surface area (Å²) in [6.07, 6.45) is 0. The van der Waals surface area contributed by atoms with Gasteiger partial charge >= 0.3 is 0 Å². The van der Waals surface area contributed by atoms with Crippen molar-refractivity contribution in [3.63, 3.8) is 0 Å². The number of nitrogens with zero attached hydrogens (tertiary/aromatic N) is 1. The summed E-state index contributed by atoms with van der Waals surface area (Å²) in [7, 11) is 0. The molecule has 0 amide bonds. The molecule has 0 saturated carbocycles. The number of rotatable bonds is 5. The minimum absolute atomic E-state index is 0.227. The first-order valence-electron chi connectivity index (χ1n) is 5.19. The van der Waals surface area contributed by atoms with E-state index in [1.807, 2.05) is 6.07 Å². The molecule has 0 bridgehead atoms. The maximum atomic E-state index is 8.92. The fourth-order valence-corrected chi connectivity index (χ4v) is 1.70. The summed E-state index contributed by atoms with van der Waals surface area (Å²) in [5.41, 5.74) is 1.31. The van der Waals surface area contributed by atoms with Crippen molar-refractivity contribution in [1.82, 2.24) is 4.90 Å². The second-order valence-corrected chi connectivity index (χ2v) is 3.44. The zero-order valence-electron chi connectivity index (χ0n) is 8.98. The molecule has 0 aromatic heterocycles. The van der Waals surface area contributed by atoms with Gasteiger partial charge in [-0.25, -0.2) is 0 Å². The van der Waals surface area contributed by atoms with Crippen LogP contribution in [0.4, 0.5) is 0 Å². The summed E-state index contributed by atoms with van der Waals surface area (Å²) in [5, 5.41) is 8.92. The molecule has 0 aliphatic carbocycles. The minimum atomic E-state index is 0.227. The van der Waals surface area contributed by atoms with Crippen LogP contribution in [0.2, 0.25) is 0 Å². The van der Waals surface area contributed by atoms with Gasteiger partial charge in [-0.3, -0.25) is 4.90 Å². The normalized spacial score (nSPS) is 13.1. The highest BCUT2D eigenvalue weighted by atomic mass is 16.3. The molecular weight excluding hydrogens is 174 g/mol. The quantitative estimate of drug-likeness (QED) is 0.773. The summed E-state index contributed by atoms with van der Waals surface area (Å²) in [4.78, 5) is 2.26. The molecule has 2 nitrogen and oxygen atoms in total. The van der Waals surface area contributed by atoms with Gasteiger partial charge in [-0.1, -0.05) is 37.3 Å². The number of aliphatic hydroxyl groups excluding tert-OH is 1. The van der Waals surface area contributed by atoms with Crippen molar-refractivity contribution in [2.24, 2.45) is 0 Å². The Hall–Kier alpha value is -0.860. The molecule has 78 valence electrons. The summed E-state index contributed by atoms with van der Waals surface area (Å²) >= 11 is 0. The van der Waals surface area contributed by atoms with Crippen LogP contribution < -0.4 is 0 Å². The van der Waals surface area contributed by atoms with Crippen LogP contribution in [0.15, 0.2) is 30.3 Å². The Morgan fingerprint density at radius 3 is 2.43 bits per heavy atom. The van der Waals surface area contributed by atoms with Crippen LogP contribution in [0.1, 0.15) is 25.5 Å². The highest BCUT2D eigenvalue weighted by Gasteiger charge is 2.12. The molecule has 1 aromatic rings. The van der Waals surface area contributed by atoms with E-state index < -0.39 is 0 Å². The second-order valence-electron chi connectivity index (χ2n) is 3.44. The molecule has 2 heteroatoms. The standard InChI is InChI=1S/C12H19NO/c1-3-13(9-10-14)11(2)12-7-5-4-6-8-12/h4-8,11,14H,3,9-10H2,1-2H3. The topological polar surface area (TPSA) is 23.5 Å². The van der Waals surface area contributed by atoms with Crippen molar-refractivity contribution < 1.29 is 5.11 Å². The van der Waals surface area contributed by atoms with Gasteiger partial charge in [-0.15, -0.1) is 0 Å². The SMILES string of the molecule is CCN(CCO)C(C)c1ccccc1. The number of aliphatic hydroxyl groups is 1. The van der Waals surface area contributed by atoms with E-state index in [1.54, 1.807) is 0 Å². The Bertz CT molecular complexity index is 248. The van der Waals surface area contributed by atoms with E-state index in [-0.39, 0.29) is 6.61 Å². The lowest BCUT2D eigenvalue weighted by molar-refractivity contribution is 0.165. The summed E-state index contributed by atoms with van der Waals surface area (Å²) < 4.78 is 0. The maximum absolute atomic E-state index is 8.92. The van der Waals surface area contributed by atoms with Crippen molar-refractivity contribution in [1.29, 1.82) is 0 Å². The highest BCUT2D eigenvalue weighted by Crippen LogP contribution is 2.18. The Balaban J connectivity index is 2.67. The van der Waals surface area contributed by atoms with Crippen molar-refractivity contribution >= 4 is 0 Å². The number of hydrogen-bond acceptors (Lipinski definition) is 2. The van der Waals surface area contributed by atoms with Gasteiger partial charge in [0, 0.05) is 12.6 Å². The van der Waals surface area contributed by atoms with Crippen molar-refractivity contribution in [2.75, 3.05) is 19.7 Å². The van der Waals surface area contributed by atoms with E-state index in [9.17, 15) is 0 Å². The van der Waals surface area contributed by atoms with E-state index in [0.717, 1.165) is 13.1 Å². The first-order valence-corrected chi connectivity index (χ1v) is 5.19. The van der Waals surface area contributed by atoms with E-state index in [0.29, 0.717) is 6.04 Å². The molecule has 0 aliphatic rings. The maximum Gasteiger partial charge on any atom is 0.0558 e. The van der Waals surface area contributed by atoms with Crippen molar-refractivity contribution in [3.05, 3.63) is 35.9 Å². The molecule has 0 heterocycles. The van der Waals surface area contributed by atoms with Crippen LogP contribution >= 0.6 is 0 Å². The van der Waals surface area contributed by atoms with Gasteiger partial charge in [0.15, 0.2) is 0 Å². The van der Waals surface area contributed by atoms with Crippen LogP contribution in [-0.4, -0.2) is 29.7 Å². The van der Waals surface area contributed by atoms with E-state index in [1.165, 1.54) is 5.56 Å². The predicted molar refractivity (Wildman–Crippen MR) is 59.2 cm³/mol. The largest absolute Gasteiger partial charge is 0.395 e. The van der Waals surface area contributed by atoms with Crippen molar-refractivity contribution in [2.45, 2.75) is 19.9 Å². The molecule has 0 fully saturated rings. The van der Waals surface area contributed by atoms with E-state index in [4.69, 9.17) is 5.11 Å². The Morgan fingerprint density at radius 1 is 1.29 bits per heavy atom. The van der Waals surface area contributed by atoms with Gasteiger partial charge in [0.1, 0.15) is 0 Å². The lowest BCUT2D eigenvalue weighted by Crippen LogP contribution is -2.29. The van der Waals surface area contributed by atoms with Gasteiger partial charge in [-0.05, 0) is 19.0 Å². The highest BCUT2D eigenvalue weighted by molar-refractivity contribution is 5.18. The van der Waals surface area contributed by atoms with Crippen LogP contribution in [0.25, 0.3) is 0 Å². The summed E-state index contributed by atoms with van der Waals surface area (Å²) in [6, 6.07) is 10.8. The van der Waals surface area contributed by atoms with E-state index >= 15 is 0 Å². The molecule has 0 saturated heterocycles. The fourth-order valence-electron chi connectivity index (χ4n) is 1.70. The predicted octanol–water partition coefficient (Wildman–Crippen LogP) is 2.06. The second kappa shape index (κ2) is 5.78. The molecule has 0 aliphatic heterocycles. The Labute approximate surface area is 86.2 Å². The fraction of sp³-hybridized carbons (Fsp3) is 0.500. The molecular formula is C12H19NO. The van der Waals surface area contributed by atoms with Crippen LogP contribution in [0.5, 0.6) is 0 Å². The van der Waals surface area contributed by atoms with Gasteiger partial charge in [0.25, 0.3) is 0 Å². The molecule has 14 heavy (non-hydrogen) atoms. The first kappa shape index (κ1) is 11.2. The third-order valence-electron chi connectivity index (χ3n) is 2.62. The van der Waals surface area contributed by atoms with Gasteiger partial charge in [0.05, 0.1) is 6.61 Å². The van der Waals surface area contributed by atoms with Crippen molar-refractivity contribution in [3.8, 4) is 0 Å².